The van der Waals surface area contributed by atoms with Crippen LogP contribution in [0, 0.1) is 11.8 Å². The van der Waals surface area contributed by atoms with Crippen molar-refractivity contribution in [3.63, 3.8) is 0 Å². The summed E-state index contributed by atoms with van der Waals surface area (Å²) in [6.45, 7) is 2.20. The zero-order valence-electron chi connectivity index (χ0n) is 12.7. The summed E-state index contributed by atoms with van der Waals surface area (Å²) in [6.07, 6.45) is 7.58. The fourth-order valence-electron chi connectivity index (χ4n) is 3.21. The van der Waals surface area contributed by atoms with Gasteiger partial charge < -0.3 is 0 Å². The van der Waals surface area contributed by atoms with Crippen LogP contribution in [0.25, 0.3) is 0 Å². The quantitative estimate of drug-likeness (QED) is 0.486. The van der Waals surface area contributed by atoms with E-state index in [4.69, 9.17) is 0 Å². The Kier molecular flexibility index (Phi) is 4.31. The zero-order valence-corrected chi connectivity index (χ0v) is 13.5. The lowest BCUT2D eigenvalue weighted by molar-refractivity contribution is 0.259. The summed E-state index contributed by atoms with van der Waals surface area (Å²) in [5.74, 6) is 1.42. The molecule has 0 aromatic heterocycles. The summed E-state index contributed by atoms with van der Waals surface area (Å²) < 4.78 is 63.1. The van der Waals surface area contributed by atoms with E-state index in [2.05, 4.69) is 6.92 Å². The van der Waals surface area contributed by atoms with E-state index in [1.54, 1.807) is 0 Å². The van der Waals surface area contributed by atoms with Crippen LogP contribution in [0.1, 0.15) is 51.0 Å². The van der Waals surface area contributed by atoms with Gasteiger partial charge in [-0.25, -0.2) is 0 Å². The Labute approximate surface area is 128 Å². The van der Waals surface area contributed by atoms with Crippen molar-refractivity contribution in [2.75, 3.05) is 0 Å². The molecule has 1 fully saturated rings. The minimum absolute atomic E-state index is 0.519. The predicted molar refractivity (Wildman–Crippen MR) is 81.9 cm³/mol. The van der Waals surface area contributed by atoms with Gasteiger partial charge in [0, 0.05) is 0 Å². The smallest absolute Gasteiger partial charge is 0.0936 e. The Morgan fingerprint density at radius 1 is 0.864 bits per heavy atom. The second-order valence-electron chi connectivity index (χ2n) is 6.45. The normalized spacial score (nSPS) is 26.3. The van der Waals surface area contributed by atoms with E-state index in [-0.39, 0.29) is 0 Å². The predicted octanol–water partition coefficient (Wildman–Crippen LogP) is 7.49. The maximum atomic E-state index is 12.6. The number of halogens is 5. The van der Waals surface area contributed by atoms with Gasteiger partial charge in [-0.05, 0) is 42.4 Å². The molecule has 6 heteroatoms. The van der Waals surface area contributed by atoms with Crippen molar-refractivity contribution in [2.45, 2.75) is 56.8 Å². The average molecular weight is 342 g/mol. The summed E-state index contributed by atoms with van der Waals surface area (Å²) >= 11 is 0. The molecule has 1 aliphatic carbocycles. The van der Waals surface area contributed by atoms with E-state index in [1.165, 1.54) is 44.2 Å². The average Bonchev–Trinajstić information content (AvgIpc) is 2.44. The first-order valence-electron chi connectivity index (χ1n) is 7.81. The molecule has 0 N–H and O–H groups in total. The van der Waals surface area contributed by atoms with E-state index >= 15 is 0 Å². The Bertz CT molecular complexity index is 497. The van der Waals surface area contributed by atoms with Crippen LogP contribution >= 0.6 is 10.2 Å². The first-order valence-corrected chi connectivity index (χ1v) is 9.76. The largest absolute Gasteiger partial charge is 0.310 e. The Balaban J connectivity index is 1.91. The van der Waals surface area contributed by atoms with Crippen LogP contribution < -0.4 is 0 Å². The van der Waals surface area contributed by atoms with Gasteiger partial charge in [0.1, 0.15) is 4.90 Å². The van der Waals surface area contributed by atoms with Gasteiger partial charge in [0.15, 0.2) is 0 Å². The second-order valence-corrected chi connectivity index (χ2v) is 8.86. The van der Waals surface area contributed by atoms with Crippen molar-refractivity contribution in [3.8, 4) is 0 Å². The highest BCUT2D eigenvalue weighted by molar-refractivity contribution is 8.45. The lowest BCUT2D eigenvalue weighted by Gasteiger charge is -2.40. The molecule has 0 unspecified atom stereocenters. The van der Waals surface area contributed by atoms with Gasteiger partial charge in [-0.1, -0.05) is 70.6 Å². The Hall–Kier alpha value is -0.780. The molecule has 0 aliphatic heterocycles. The lowest BCUT2D eigenvalue weighted by atomic mass is 9.78. The fourth-order valence-corrected chi connectivity index (χ4v) is 3.86. The van der Waals surface area contributed by atoms with E-state index in [9.17, 15) is 19.4 Å². The first kappa shape index (κ1) is 17.6. The SMILES string of the molecule is CCC1CCC(CCc2ccc(S(F)(F)(F)(F)F)cc2)CC1. The third-order valence-corrected chi connectivity index (χ3v) is 5.92. The number of aryl methyl sites for hydroxylation is 1. The van der Waals surface area contributed by atoms with Crippen LogP contribution in [0.15, 0.2) is 29.2 Å². The summed E-state index contributed by atoms with van der Waals surface area (Å²) in [5.41, 5.74) is 0.697. The number of hydrogen-bond acceptors (Lipinski definition) is 0. The summed E-state index contributed by atoms with van der Waals surface area (Å²) in [4.78, 5) is -1.80. The van der Waals surface area contributed by atoms with Gasteiger partial charge in [-0.2, -0.15) is 0 Å². The molecule has 1 saturated carbocycles. The van der Waals surface area contributed by atoms with Crippen molar-refractivity contribution >= 4 is 10.2 Å². The van der Waals surface area contributed by atoms with Gasteiger partial charge in [-0.3, -0.25) is 0 Å². The van der Waals surface area contributed by atoms with Gasteiger partial charge in [-0.15, -0.1) is 0 Å². The van der Waals surface area contributed by atoms with Crippen molar-refractivity contribution in [1.82, 2.24) is 0 Å². The van der Waals surface area contributed by atoms with Crippen molar-refractivity contribution in [1.29, 1.82) is 0 Å². The van der Waals surface area contributed by atoms with Crippen LogP contribution in [0.2, 0.25) is 0 Å². The fraction of sp³-hybridized carbons (Fsp3) is 0.625. The standard InChI is InChI=1S/C16H23F5S/c1-2-13-3-5-14(6-4-13)7-8-15-9-11-16(12-10-15)22(17,18,19,20)21/h9-14H,2-8H2,1H3. The minimum atomic E-state index is -9.53. The third kappa shape index (κ3) is 4.86. The number of benzene rings is 1. The molecule has 1 aromatic rings. The van der Waals surface area contributed by atoms with E-state index in [1.807, 2.05) is 0 Å². The highest BCUT2D eigenvalue weighted by Gasteiger charge is 2.65. The molecular weight excluding hydrogens is 319 g/mol. The molecule has 0 spiro atoms. The topological polar surface area (TPSA) is 0 Å². The highest BCUT2D eigenvalue weighted by Crippen LogP contribution is 3.02. The molecule has 0 atom stereocenters. The molecular formula is C16H23F5S. The highest BCUT2D eigenvalue weighted by atomic mass is 32.5. The van der Waals surface area contributed by atoms with Crippen LogP contribution in [0.5, 0.6) is 0 Å². The zero-order chi connectivity index (χ0) is 16.5. The lowest BCUT2D eigenvalue weighted by Crippen LogP contribution is -2.14. The van der Waals surface area contributed by atoms with Crippen molar-refractivity contribution in [2.24, 2.45) is 11.8 Å². The maximum absolute atomic E-state index is 12.6. The van der Waals surface area contributed by atoms with Gasteiger partial charge in [0.2, 0.25) is 0 Å². The Morgan fingerprint density at radius 3 is 1.82 bits per heavy atom. The van der Waals surface area contributed by atoms with Gasteiger partial charge in [0.25, 0.3) is 0 Å². The third-order valence-electron chi connectivity index (χ3n) is 4.75. The monoisotopic (exact) mass is 342 g/mol. The minimum Gasteiger partial charge on any atom is -0.0936 e. The second kappa shape index (κ2) is 5.39. The van der Waals surface area contributed by atoms with Crippen LogP contribution in [0.3, 0.4) is 0 Å². The first-order chi connectivity index (χ1) is 9.97. The maximum Gasteiger partial charge on any atom is 0.310 e. The Morgan fingerprint density at radius 2 is 1.36 bits per heavy atom. The molecule has 0 radical (unpaired) electrons. The molecule has 1 aliphatic rings. The van der Waals surface area contributed by atoms with Crippen molar-refractivity contribution < 1.29 is 19.4 Å². The van der Waals surface area contributed by atoms with E-state index < -0.39 is 15.1 Å². The van der Waals surface area contributed by atoms with Crippen LogP contribution in [-0.2, 0) is 6.42 Å². The molecule has 128 valence electrons. The van der Waals surface area contributed by atoms with Gasteiger partial charge in [0.05, 0.1) is 0 Å². The van der Waals surface area contributed by atoms with Crippen LogP contribution in [-0.4, -0.2) is 0 Å². The van der Waals surface area contributed by atoms with E-state index in [0.29, 0.717) is 30.0 Å². The molecule has 1 aromatic carbocycles. The summed E-state index contributed by atoms with van der Waals surface area (Å²) in [7, 11) is -9.53. The van der Waals surface area contributed by atoms with Crippen molar-refractivity contribution in [3.05, 3.63) is 29.8 Å². The van der Waals surface area contributed by atoms with Gasteiger partial charge >= 0.3 is 10.2 Å². The molecule has 0 nitrogen and oxygen atoms in total. The molecule has 2 rings (SSSR count). The number of rotatable bonds is 5. The summed E-state index contributed by atoms with van der Waals surface area (Å²) in [6, 6.07) is 3.41. The molecule has 22 heavy (non-hydrogen) atoms. The molecule has 0 amide bonds. The molecule has 0 saturated heterocycles. The van der Waals surface area contributed by atoms with E-state index in [0.717, 1.165) is 12.3 Å². The summed E-state index contributed by atoms with van der Waals surface area (Å²) in [5, 5.41) is 0. The number of hydrogen-bond donors (Lipinski definition) is 0. The molecule has 0 heterocycles. The van der Waals surface area contributed by atoms with Crippen LogP contribution in [0.4, 0.5) is 19.4 Å². The molecule has 0 bridgehead atoms.